The van der Waals surface area contributed by atoms with Gasteiger partial charge in [0, 0.05) is 23.4 Å². The summed E-state index contributed by atoms with van der Waals surface area (Å²) < 4.78 is 5.85. The zero-order valence-electron chi connectivity index (χ0n) is 18.7. The van der Waals surface area contributed by atoms with Crippen molar-refractivity contribution < 1.29 is 9.62 Å². The Kier molecular flexibility index (Phi) is 5.27. The predicted molar refractivity (Wildman–Crippen MR) is 126 cm³/mol. The number of nitrogens with zero attached hydrogens (tertiary/aromatic N) is 3. The molecule has 162 valence electrons. The Bertz CT molecular complexity index is 1260. The van der Waals surface area contributed by atoms with Gasteiger partial charge in [-0.3, -0.25) is 15.3 Å². The Labute approximate surface area is 188 Å². The van der Waals surface area contributed by atoms with Gasteiger partial charge in [0.2, 0.25) is 5.89 Å². The fourth-order valence-corrected chi connectivity index (χ4v) is 4.51. The fourth-order valence-electron chi connectivity index (χ4n) is 4.51. The van der Waals surface area contributed by atoms with Crippen molar-refractivity contribution in [3.05, 3.63) is 89.1 Å². The maximum Gasteiger partial charge on any atom is 0.226 e. The lowest BCUT2D eigenvalue weighted by Crippen LogP contribution is -2.17. The van der Waals surface area contributed by atoms with Crippen LogP contribution >= 0.6 is 0 Å². The number of hydrogen-bond donors (Lipinski definition) is 1. The van der Waals surface area contributed by atoms with Gasteiger partial charge in [-0.15, -0.1) is 0 Å². The SMILES string of the molecule is CCc1cnc(CC2CN(O)c3ccccc32)cc1-c1cccc(-c2nc(C)c(C)o2)c1. The maximum absolute atomic E-state index is 10.3. The highest BCUT2D eigenvalue weighted by Crippen LogP contribution is 2.37. The molecule has 5 rings (SSSR count). The maximum atomic E-state index is 10.3. The van der Waals surface area contributed by atoms with E-state index in [1.165, 1.54) is 21.8 Å². The molecule has 1 aliphatic heterocycles. The quantitative estimate of drug-likeness (QED) is 0.417. The number of oxazole rings is 1. The topological polar surface area (TPSA) is 62.4 Å². The number of fused-ring (bicyclic) bond motifs is 1. The molecule has 0 saturated carbocycles. The van der Waals surface area contributed by atoms with Crippen LogP contribution in [0.2, 0.25) is 0 Å². The zero-order chi connectivity index (χ0) is 22.2. The van der Waals surface area contributed by atoms with E-state index >= 15 is 0 Å². The molecule has 1 N–H and O–H groups in total. The van der Waals surface area contributed by atoms with Crippen molar-refractivity contribution in [3.8, 4) is 22.6 Å². The first-order valence-corrected chi connectivity index (χ1v) is 11.1. The number of aromatic nitrogens is 2. The number of benzene rings is 2. The molecule has 5 nitrogen and oxygen atoms in total. The van der Waals surface area contributed by atoms with Crippen molar-refractivity contribution in [1.82, 2.24) is 9.97 Å². The fraction of sp³-hybridized carbons (Fsp3) is 0.259. The lowest BCUT2D eigenvalue weighted by atomic mass is 9.93. The lowest BCUT2D eigenvalue weighted by Gasteiger charge is -2.14. The summed E-state index contributed by atoms with van der Waals surface area (Å²) in [6.07, 6.45) is 3.68. The van der Waals surface area contributed by atoms with E-state index in [0.29, 0.717) is 12.4 Å². The molecule has 2 aromatic carbocycles. The van der Waals surface area contributed by atoms with Crippen LogP contribution < -0.4 is 5.06 Å². The number of hydroxylamine groups is 1. The first-order chi connectivity index (χ1) is 15.5. The molecule has 0 bridgehead atoms. The summed E-state index contributed by atoms with van der Waals surface area (Å²) in [6.45, 7) is 6.64. The molecule has 2 aromatic heterocycles. The molecule has 1 atom stereocenters. The van der Waals surface area contributed by atoms with Gasteiger partial charge in [0.25, 0.3) is 0 Å². The number of pyridine rings is 1. The molecule has 0 spiro atoms. The average Bonchev–Trinajstić information content (AvgIpc) is 3.32. The second kappa shape index (κ2) is 8.24. The molecular formula is C27H27N3O2. The Hall–Kier alpha value is -3.44. The Morgan fingerprint density at radius 3 is 2.66 bits per heavy atom. The number of para-hydroxylation sites is 1. The summed E-state index contributed by atoms with van der Waals surface area (Å²) in [5.74, 6) is 1.72. The van der Waals surface area contributed by atoms with Gasteiger partial charge in [0.05, 0.1) is 17.9 Å². The van der Waals surface area contributed by atoms with Gasteiger partial charge in [0.1, 0.15) is 5.76 Å². The molecule has 1 aliphatic rings. The summed E-state index contributed by atoms with van der Waals surface area (Å²) in [5, 5.41) is 11.7. The molecule has 0 saturated heterocycles. The minimum Gasteiger partial charge on any atom is -0.441 e. The van der Waals surface area contributed by atoms with Crippen molar-refractivity contribution in [3.63, 3.8) is 0 Å². The summed E-state index contributed by atoms with van der Waals surface area (Å²) in [7, 11) is 0. The van der Waals surface area contributed by atoms with E-state index in [-0.39, 0.29) is 5.92 Å². The molecular weight excluding hydrogens is 398 g/mol. The van der Waals surface area contributed by atoms with Crippen LogP contribution in [0.1, 0.15) is 41.1 Å². The number of rotatable bonds is 5. The standard InChI is InChI=1S/C27H27N3O2/c1-4-19-15-28-23(13-22-16-30(31)26-11-6-5-10-24(22)26)14-25(19)20-8-7-9-21(12-20)27-29-17(2)18(3)32-27/h5-12,14-15,22,31H,4,13,16H2,1-3H3. The van der Waals surface area contributed by atoms with Crippen molar-refractivity contribution in [2.45, 2.75) is 39.5 Å². The van der Waals surface area contributed by atoms with E-state index in [1.54, 1.807) is 0 Å². The molecule has 32 heavy (non-hydrogen) atoms. The number of anilines is 1. The van der Waals surface area contributed by atoms with Gasteiger partial charge >= 0.3 is 0 Å². The number of aryl methyl sites for hydroxylation is 3. The van der Waals surface area contributed by atoms with Gasteiger partial charge in [0.15, 0.2) is 0 Å². The summed E-state index contributed by atoms with van der Waals surface area (Å²) in [5.41, 5.74) is 8.52. The van der Waals surface area contributed by atoms with E-state index in [2.05, 4.69) is 42.2 Å². The van der Waals surface area contributed by atoms with Gasteiger partial charge in [-0.25, -0.2) is 4.98 Å². The first kappa shape index (κ1) is 20.5. The van der Waals surface area contributed by atoms with Crippen LogP contribution in [0.25, 0.3) is 22.6 Å². The van der Waals surface area contributed by atoms with Crippen LogP contribution in [0.4, 0.5) is 5.69 Å². The smallest absolute Gasteiger partial charge is 0.226 e. The van der Waals surface area contributed by atoms with Crippen molar-refractivity contribution >= 4 is 5.69 Å². The highest BCUT2D eigenvalue weighted by molar-refractivity contribution is 5.72. The van der Waals surface area contributed by atoms with Crippen LogP contribution in [0.5, 0.6) is 0 Å². The predicted octanol–water partition coefficient (Wildman–Crippen LogP) is 6.12. The lowest BCUT2D eigenvalue weighted by molar-refractivity contribution is 0.258. The molecule has 1 unspecified atom stereocenters. The molecule has 3 heterocycles. The highest BCUT2D eigenvalue weighted by Gasteiger charge is 2.28. The first-order valence-electron chi connectivity index (χ1n) is 11.1. The zero-order valence-corrected chi connectivity index (χ0v) is 18.7. The third-order valence-electron chi connectivity index (χ3n) is 6.38. The number of hydrogen-bond acceptors (Lipinski definition) is 5. The van der Waals surface area contributed by atoms with Gasteiger partial charge in [-0.1, -0.05) is 37.3 Å². The third-order valence-corrected chi connectivity index (χ3v) is 6.38. The Morgan fingerprint density at radius 2 is 1.88 bits per heavy atom. The van der Waals surface area contributed by atoms with Crippen molar-refractivity contribution in [2.75, 3.05) is 11.6 Å². The second-order valence-electron chi connectivity index (χ2n) is 8.47. The largest absolute Gasteiger partial charge is 0.441 e. The summed E-state index contributed by atoms with van der Waals surface area (Å²) in [4.78, 5) is 9.33. The Morgan fingerprint density at radius 1 is 1.06 bits per heavy atom. The third kappa shape index (κ3) is 3.69. The Balaban J connectivity index is 1.49. The summed E-state index contributed by atoms with van der Waals surface area (Å²) >= 11 is 0. The van der Waals surface area contributed by atoms with E-state index in [0.717, 1.165) is 46.8 Å². The normalized spacial score (nSPS) is 15.2. The van der Waals surface area contributed by atoms with Crippen LogP contribution in [0.15, 0.2) is 65.2 Å². The highest BCUT2D eigenvalue weighted by atomic mass is 16.5. The molecule has 0 radical (unpaired) electrons. The molecule has 0 fully saturated rings. The van der Waals surface area contributed by atoms with Crippen molar-refractivity contribution in [2.24, 2.45) is 0 Å². The molecule has 0 amide bonds. The van der Waals surface area contributed by atoms with E-state index in [9.17, 15) is 5.21 Å². The minimum absolute atomic E-state index is 0.216. The van der Waals surface area contributed by atoms with E-state index in [4.69, 9.17) is 9.40 Å². The van der Waals surface area contributed by atoms with Crippen LogP contribution in [0, 0.1) is 13.8 Å². The van der Waals surface area contributed by atoms with Gasteiger partial charge in [-0.05, 0) is 73.2 Å². The monoisotopic (exact) mass is 425 g/mol. The van der Waals surface area contributed by atoms with Gasteiger partial charge < -0.3 is 4.42 Å². The van der Waals surface area contributed by atoms with Gasteiger partial charge in [-0.2, -0.15) is 0 Å². The average molecular weight is 426 g/mol. The molecule has 4 aromatic rings. The van der Waals surface area contributed by atoms with Crippen LogP contribution in [-0.2, 0) is 12.8 Å². The van der Waals surface area contributed by atoms with E-state index in [1.807, 2.05) is 44.3 Å². The molecule has 0 aliphatic carbocycles. The van der Waals surface area contributed by atoms with E-state index < -0.39 is 0 Å². The summed E-state index contributed by atoms with van der Waals surface area (Å²) in [6, 6.07) is 18.6. The van der Waals surface area contributed by atoms with Crippen molar-refractivity contribution in [1.29, 1.82) is 0 Å². The molecule has 5 heteroatoms. The van der Waals surface area contributed by atoms with Crippen LogP contribution in [0.3, 0.4) is 0 Å². The minimum atomic E-state index is 0.216. The van der Waals surface area contributed by atoms with Crippen LogP contribution in [-0.4, -0.2) is 21.7 Å². The second-order valence-corrected chi connectivity index (χ2v) is 8.47.